The number of piperidine rings is 1. The molecule has 2 aromatic rings. The Morgan fingerprint density at radius 1 is 1.16 bits per heavy atom. The van der Waals surface area contributed by atoms with Crippen LogP contribution in [0, 0.1) is 13.8 Å². The van der Waals surface area contributed by atoms with E-state index in [9.17, 15) is 14.7 Å². The van der Waals surface area contributed by atoms with Crippen molar-refractivity contribution in [1.29, 1.82) is 0 Å². The van der Waals surface area contributed by atoms with Crippen molar-refractivity contribution in [3.05, 3.63) is 57.9 Å². The zero-order valence-corrected chi connectivity index (χ0v) is 18.8. The molecule has 1 aliphatic heterocycles. The van der Waals surface area contributed by atoms with Crippen molar-refractivity contribution in [2.45, 2.75) is 65.8 Å². The third kappa shape index (κ3) is 5.95. The van der Waals surface area contributed by atoms with Crippen LogP contribution in [0.3, 0.4) is 0 Å². The quantitative estimate of drug-likeness (QED) is 0.591. The van der Waals surface area contributed by atoms with E-state index in [1.54, 1.807) is 27.7 Å². The topological polar surface area (TPSA) is 94.7 Å². The molecule has 3 rings (SSSR count). The highest BCUT2D eigenvalue weighted by atomic mass is 16.5. The van der Waals surface area contributed by atoms with Gasteiger partial charge in [0.15, 0.2) is 0 Å². The first-order valence-electron chi connectivity index (χ1n) is 10.9. The van der Waals surface area contributed by atoms with Gasteiger partial charge in [0.05, 0.1) is 17.8 Å². The molecule has 0 spiro atoms. The molecule has 1 aromatic heterocycles. The highest BCUT2D eigenvalue weighted by Crippen LogP contribution is 2.20. The lowest BCUT2D eigenvalue weighted by atomic mass is 10.1. The molecule has 0 bridgehead atoms. The molecule has 0 radical (unpaired) electrons. The minimum absolute atomic E-state index is 0.161. The van der Waals surface area contributed by atoms with E-state index < -0.39 is 5.97 Å². The first-order chi connectivity index (χ1) is 14.7. The Hall–Kier alpha value is -2.64. The third-order valence-electron chi connectivity index (χ3n) is 5.65. The Bertz CT molecular complexity index is 910. The SMILES string of the molecule is Cc1[nH]c(C(=O)NCc2ccc(CN3CCC(O)CC3)cc2)c(C)c1C(=O)OC(C)C. The van der Waals surface area contributed by atoms with Crippen LogP contribution in [0.1, 0.15) is 69.9 Å². The monoisotopic (exact) mass is 427 g/mol. The number of aliphatic hydroxyl groups is 1. The molecule has 0 aliphatic carbocycles. The first kappa shape index (κ1) is 23.0. The number of benzene rings is 1. The highest BCUT2D eigenvalue weighted by molar-refractivity contribution is 6.00. The van der Waals surface area contributed by atoms with Gasteiger partial charge in [-0.3, -0.25) is 9.69 Å². The fraction of sp³-hybridized carbons (Fsp3) is 0.500. The molecule has 1 amide bonds. The maximum atomic E-state index is 12.7. The number of carbonyl (C=O) groups excluding carboxylic acids is 2. The number of H-pyrrole nitrogens is 1. The van der Waals surface area contributed by atoms with E-state index >= 15 is 0 Å². The average Bonchev–Trinajstić information content (AvgIpc) is 3.02. The molecule has 7 heteroatoms. The molecular formula is C24H33N3O4. The molecule has 0 atom stereocenters. The van der Waals surface area contributed by atoms with Gasteiger partial charge >= 0.3 is 5.97 Å². The lowest BCUT2D eigenvalue weighted by Crippen LogP contribution is -2.35. The van der Waals surface area contributed by atoms with Gasteiger partial charge < -0.3 is 20.1 Å². The summed E-state index contributed by atoms with van der Waals surface area (Å²) in [6.45, 7) is 10.2. The van der Waals surface area contributed by atoms with Gasteiger partial charge in [-0.05, 0) is 57.2 Å². The van der Waals surface area contributed by atoms with E-state index in [0.29, 0.717) is 29.1 Å². The van der Waals surface area contributed by atoms with Crippen LogP contribution >= 0.6 is 0 Å². The molecule has 0 saturated carbocycles. The van der Waals surface area contributed by atoms with E-state index in [2.05, 4.69) is 27.3 Å². The van der Waals surface area contributed by atoms with E-state index in [4.69, 9.17) is 4.74 Å². The Labute approximate surface area is 183 Å². The number of amides is 1. The van der Waals surface area contributed by atoms with E-state index in [-0.39, 0.29) is 18.1 Å². The first-order valence-corrected chi connectivity index (χ1v) is 10.9. The lowest BCUT2D eigenvalue weighted by Gasteiger charge is -2.29. The van der Waals surface area contributed by atoms with Gasteiger partial charge in [-0.25, -0.2) is 4.79 Å². The summed E-state index contributed by atoms with van der Waals surface area (Å²) in [6.07, 6.45) is 1.28. The van der Waals surface area contributed by atoms with Crippen LogP contribution in [0.25, 0.3) is 0 Å². The summed E-state index contributed by atoms with van der Waals surface area (Å²) in [5, 5.41) is 12.5. The predicted molar refractivity (Wildman–Crippen MR) is 119 cm³/mol. The van der Waals surface area contributed by atoms with Gasteiger partial charge in [0.2, 0.25) is 0 Å². The van der Waals surface area contributed by atoms with Crippen molar-refractivity contribution in [2.75, 3.05) is 13.1 Å². The minimum atomic E-state index is -0.417. The molecule has 31 heavy (non-hydrogen) atoms. The van der Waals surface area contributed by atoms with Gasteiger partial charge in [-0.2, -0.15) is 0 Å². The van der Waals surface area contributed by atoms with Crippen molar-refractivity contribution in [2.24, 2.45) is 0 Å². The van der Waals surface area contributed by atoms with Crippen LogP contribution in [0.15, 0.2) is 24.3 Å². The number of nitrogens with zero attached hydrogens (tertiary/aromatic N) is 1. The van der Waals surface area contributed by atoms with Gasteiger partial charge in [0.1, 0.15) is 5.69 Å². The number of hydrogen-bond acceptors (Lipinski definition) is 5. The van der Waals surface area contributed by atoms with Crippen molar-refractivity contribution in [3.63, 3.8) is 0 Å². The number of aromatic amines is 1. The average molecular weight is 428 g/mol. The van der Waals surface area contributed by atoms with Crippen LogP contribution in [0.2, 0.25) is 0 Å². The normalized spacial score (nSPS) is 15.3. The van der Waals surface area contributed by atoms with Gasteiger partial charge in [0.25, 0.3) is 5.91 Å². The molecule has 1 aliphatic rings. The number of hydrogen-bond donors (Lipinski definition) is 3. The van der Waals surface area contributed by atoms with Crippen LogP contribution < -0.4 is 5.32 Å². The Balaban J connectivity index is 1.56. The predicted octanol–water partition coefficient (Wildman–Crippen LogP) is 3.08. The van der Waals surface area contributed by atoms with Crippen LogP contribution in [-0.2, 0) is 17.8 Å². The Kier molecular flexibility index (Phi) is 7.51. The van der Waals surface area contributed by atoms with Crippen LogP contribution in [0.5, 0.6) is 0 Å². The summed E-state index contributed by atoms with van der Waals surface area (Å²) in [6, 6.07) is 8.20. The Morgan fingerprint density at radius 3 is 2.39 bits per heavy atom. The summed E-state index contributed by atoms with van der Waals surface area (Å²) in [4.78, 5) is 30.4. The molecule has 168 valence electrons. The number of likely N-dealkylation sites (tertiary alicyclic amines) is 1. The number of aryl methyl sites for hydroxylation is 1. The van der Waals surface area contributed by atoms with Gasteiger partial charge in [0, 0.05) is 31.9 Å². The van der Waals surface area contributed by atoms with E-state index in [1.165, 1.54) is 5.56 Å². The molecule has 3 N–H and O–H groups in total. The van der Waals surface area contributed by atoms with Crippen LogP contribution in [0.4, 0.5) is 0 Å². The maximum Gasteiger partial charge on any atom is 0.340 e. The summed E-state index contributed by atoms with van der Waals surface area (Å²) in [5.74, 6) is -0.667. The molecule has 7 nitrogen and oxygen atoms in total. The number of carbonyl (C=O) groups is 2. The van der Waals surface area contributed by atoms with Crippen molar-refractivity contribution >= 4 is 11.9 Å². The van der Waals surface area contributed by atoms with Crippen molar-refractivity contribution < 1.29 is 19.4 Å². The fourth-order valence-electron chi connectivity index (χ4n) is 3.93. The van der Waals surface area contributed by atoms with E-state index in [1.807, 2.05) is 12.1 Å². The second kappa shape index (κ2) is 10.1. The molecule has 1 aromatic carbocycles. The zero-order valence-electron chi connectivity index (χ0n) is 18.8. The highest BCUT2D eigenvalue weighted by Gasteiger charge is 2.23. The smallest absolute Gasteiger partial charge is 0.340 e. The minimum Gasteiger partial charge on any atom is -0.459 e. The number of aromatic nitrogens is 1. The van der Waals surface area contributed by atoms with Crippen molar-refractivity contribution in [3.8, 4) is 0 Å². The van der Waals surface area contributed by atoms with E-state index in [0.717, 1.165) is 38.0 Å². The molecular weight excluding hydrogens is 394 g/mol. The third-order valence-corrected chi connectivity index (χ3v) is 5.65. The number of nitrogens with one attached hydrogen (secondary N) is 2. The second-order valence-electron chi connectivity index (χ2n) is 8.59. The maximum absolute atomic E-state index is 12.7. The number of esters is 1. The van der Waals surface area contributed by atoms with Crippen LogP contribution in [-0.4, -0.2) is 52.2 Å². The van der Waals surface area contributed by atoms with Gasteiger partial charge in [-0.15, -0.1) is 0 Å². The summed E-state index contributed by atoms with van der Waals surface area (Å²) in [7, 11) is 0. The molecule has 0 unspecified atom stereocenters. The zero-order chi connectivity index (χ0) is 22.5. The largest absolute Gasteiger partial charge is 0.459 e. The fourth-order valence-corrected chi connectivity index (χ4v) is 3.93. The number of rotatable bonds is 7. The summed E-state index contributed by atoms with van der Waals surface area (Å²) < 4.78 is 5.28. The standard InChI is InChI=1S/C24H33N3O4/c1-15(2)31-24(30)21-16(3)22(26-17(21)4)23(29)25-13-18-5-7-19(8-6-18)14-27-11-9-20(28)10-12-27/h5-8,15,20,26,28H,9-14H2,1-4H3,(H,25,29). The number of ether oxygens (including phenoxy) is 1. The lowest BCUT2D eigenvalue weighted by molar-refractivity contribution is 0.0376. The Morgan fingerprint density at radius 2 is 1.77 bits per heavy atom. The molecule has 1 fully saturated rings. The molecule has 2 heterocycles. The van der Waals surface area contributed by atoms with Gasteiger partial charge in [-0.1, -0.05) is 24.3 Å². The number of aliphatic hydroxyl groups excluding tert-OH is 1. The van der Waals surface area contributed by atoms with Crippen molar-refractivity contribution in [1.82, 2.24) is 15.2 Å². The summed E-state index contributed by atoms with van der Waals surface area (Å²) in [5.41, 5.74) is 4.26. The summed E-state index contributed by atoms with van der Waals surface area (Å²) >= 11 is 0. The molecule has 1 saturated heterocycles. The second-order valence-corrected chi connectivity index (χ2v) is 8.59.